The molecule has 0 radical (unpaired) electrons. The quantitative estimate of drug-likeness (QED) is 0.487. The number of halogens is 2. The molecule has 2 aliphatic rings. The van der Waals surface area contributed by atoms with Crippen LogP contribution in [0.1, 0.15) is 47.3 Å². The third kappa shape index (κ3) is 4.40. The van der Waals surface area contributed by atoms with Crippen LogP contribution in [-0.2, 0) is 6.42 Å². The molecule has 0 spiro atoms. The monoisotopic (exact) mass is 424 g/mol. The smallest absolute Gasteiger partial charge is 0.180 e. The second-order valence-corrected chi connectivity index (χ2v) is 8.18. The molecular weight excluding hydrogens is 407 g/mol. The molecule has 0 N–H and O–H groups in total. The van der Waals surface area contributed by atoms with Gasteiger partial charge in [0.25, 0.3) is 0 Å². The van der Waals surface area contributed by atoms with E-state index in [0.717, 1.165) is 31.4 Å². The Kier molecular flexibility index (Phi) is 5.76. The highest BCUT2D eigenvalue weighted by molar-refractivity contribution is 6.31. The summed E-state index contributed by atoms with van der Waals surface area (Å²) in [6, 6.07) is 10.6. The van der Waals surface area contributed by atoms with E-state index in [1.54, 1.807) is 30.3 Å². The maximum absolute atomic E-state index is 12.5. The van der Waals surface area contributed by atoms with Gasteiger partial charge in [-0.25, -0.2) is 4.98 Å². The van der Waals surface area contributed by atoms with Gasteiger partial charge < -0.3 is 4.74 Å². The number of hydrogen-bond donors (Lipinski definition) is 0. The highest BCUT2D eigenvalue weighted by Gasteiger charge is 2.31. The zero-order valence-corrected chi connectivity index (χ0v) is 17.1. The lowest BCUT2D eigenvalue weighted by molar-refractivity contribution is 0.0964. The molecular formula is C23H18Cl2N2O2. The Morgan fingerprint density at radius 2 is 1.86 bits per heavy atom. The van der Waals surface area contributed by atoms with Crippen molar-refractivity contribution in [1.29, 1.82) is 5.26 Å². The maximum Gasteiger partial charge on any atom is 0.180 e. The van der Waals surface area contributed by atoms with Gasteiger partial charge >= 0.3 is 0 Å². The molecule has 0 saturated heterocycles. The van der Waals surface area contributed by atoms with Crippen LogP contribution in [-0.4, -0.2) is 16.9 Å². The molecule has 2 aromatic rings. The molecule has 1 aromatic heterocycles. The van der Waals surface area contributed by atoms with E-state index in [4.69, 9.17) is 33.2 Å². The highest BCUT2D eigenvalue weighted by Crippen LogP contribution is 2.30. The van der Waals surface area contributed by atoms with Gasteiger partial charge in [-0.1, -0.05) is 35.0 Å². The predicted molar refractivity (Wildman–Crippen MR) is 111 cm³/mol. The summed E-state index contributed by atoms with van der Waals surface area (Å²) < 4.78 is 6.02. The van der Waals surface area contributed by atoms with Crippen molar-refractivity contribution in [3.8, 4) is 23.7 Å². The first-order chi connectivity index (χ1) is 14.0. The lowest BCUT2D eigenvalue weighted by Crippen LogP contribution is -2.23. The molecule has 4 rings (SSSR count). The van der Waals surface area contributed by atoms with Crippen molar-refractivity contribution in [2.75, 3.05) is 0 Å². The number of aromatic nitrogens is 1. The first kappa shape index (κ1) is 19.8. The van der Waals surface area contributed by atoms with E-state index >= 15 is 0 Å². The number of nitrogens with zero attached hydrogens (tertiary/aromatic N) is 2. The van der Waals surface area contributed by atoms with Crippen molar-refractivity contribution in [3.63, 3.8) is 0 Å². The highest BCUT2D eigenvalue weighted by atomic mass is 35.5. The lowest BCUT2D eigenvalue weighted by atomic mass is 9.87. The van der Waals surface area contributed by atoms with E-state index in [2.05, 4.69) is 16.8 Å². The minimum absolute atomic E-state index is 0.0476. The van der Waals surface area contributed by atoms with Gasteiger partial charge in [-0.3, -0.25) is 4.79 Å². The van der Waals surface area contributed by atoms with E-state index in [-0.39, 0.29) is 23.7 Å². The van der Waals surface area contributed by atoms with Crippen molar-refractivity contribution in [1.82, 2.24) is 4.98 Å². The predicted octanol–water partition coefficient (Wildman–Crippen LogP) is 5.26. The van der Waals surface area contributed by atoms with E-state index in [9.17, 15) is 4.79 Å². The number of ether oxygens (including phenoxy) is 1. The molecule has 29 heavy (non-hydrogen) atoms. The molecule has 1 aromatic carbocycles. The van der Waals surface area contributed by atoms with Gasteiger partial charge in [0.05, 0.1) is 28.3 Å². The maximum atomic E-state index is 12.5. The zero-order valence-electron chi connectivity index (χ0n) is 15.6. The molecule has 1 heterocycles. The first-order valence-corrected chi connectivity index (χ1v) is 10.4. The van der Waals surface area contributed by atoms with Crippen LogP contribution < -0.4 is 4.74 Å². The summed E-state index contributed by atoms with van der Waals surface area (Å²) >= 11 is 12.0. The number of pyridine rings is 1. The van der Waals surface area contributed by atoms with Crippen LogP contribution in [0, 0.1) is 35.0 Å². The fourth-order valence-electron chi connectivity index (χ4n) is 3.84. The number of carbonyl (C=O) groups excluding carboxylic acids is 1. The molecule has 1 unspecified atom stereocenters. The number of carbonyl (C=O) groups is 1. The van der Waals surface area contributed by atoms with Gasteiger partial charge in [0, 0.05) is 24.0 Å². The van der Waals surface area contributed by atoms with E-state index in [0.29, 0.717) is 33.5 Å². The van der Waals surface area contributed by atoms with Crippen molar-refractivity contribution in [2.24, 2.45) is 11.8 Å². The van der Waals surface area contributed by atoms with Crippen molar-refractivity contribution >= 4 is 29.0 Å². The average Bonchev–Trinajstić information content (AvgIpc) is 3.02. The SMILES string of the molecule is N#Cc1ccc(OC2CCC(C#CC3Cc4nc(Cl)ccc4C3=O)CC2)cc1Cl. The Morgan fingerprint density at radius 3 is 2.59 bits per heavy atom. The number of fused-ring (bicyclic) bond motifs is 1. The second kappa shape index (κ2) is 8.46. The van der Waals surface area contributed by atoms with E-state index in [1.807, 2.05) is 6.07 Å². The number of nitriles is 1. The molecule has 0 amide bonds. The summed E-state index contributed by atoms with van der Waals surface area (Å²) in [6.07, 6.45) is 4.31. The summed E-state index contributed by atoms with van der Waals surface area (Å²) in [4.78, 5) is 16.7. The van der Waals surface area contributed by atoms with Crippen LogP contribution in [0.15, 0.2) is 30.3 Å². The Balaban J connectivity index is 1.32. The third-order valence-electron chi connectivity index (χ3n) is 5.42. The molecule has 2 aliphatic carbocycles. The van der Waals surface area contributed by atoms with Gasteiger partial charge in [-0.15, -0.1) is 0 Å². The fraction of sp³-hybridized carbons (Fsp3) is 0.348. The Bertz CT molecular complexity index is 1060. The molecule has 0 aliphatic heterocycles. The summed E-state index contributed by atoms with van der Waals surface area (Å²) in [6.45, 7) is 0. The van der Waals surface area contributed by atoms with Crippen molar-refractivity contribution in [2.45, 2.75) is 38.2 Å². The average molecular weight is 425 g/mol. The normalized spacial score (nSPS) is 22.9. The second-order valence-electron chi connectivity index (χ2n) is 7.38. The summed E-state index contributed by atoms with van der Waals surface area (Å²) in [5, 5.41) is 9.76. The summed E-state index contributed by atoms with van der Waals surface area (Å²) in [7, 11) is 0. The molecule has 4 nitrogen and oxygen atoms in total. The van der Waals surface area contributed by atoms with E-state index < -0.39 is 0 Å². The van der Waals surface area contributed by atoms with Crippen LogP contribution in [0.5, 0.6) is 5.75 Å². The lowest BCUT2D eigenvalue weighted by Gasteiger charge is -2.26. The van der Waals surface area contributed by atoms with Gasteiger partial charge in [-0.2, -0.15) is 5.26 Å². The molecule has 0 bridgehead atoms. The van der Waals surface area contributed by atoms with Gasteiger partial charge in [0.2, 0.25) is 0 Å². The topological polar surface area (TPSA) is 63.0 Å². The van der Waals surface area contributed by atoms with Crippen molar-refractivity contribution < 1.29 is 9.53 Å². The third-order valence-corrected chi connectivity index (χ3v) is 5.94. The number of Topliss-reactive ketones (excluding diaryl/α,β-unsaturated/α-hetero) is 1. The summed E-state index contributed by atoms with van der Waals surface area (Å²) in [5.74, 6) is 7.18. The molecule has 1 atom stereocenters. The standard InChI is InChI=1S/C23H18Cl2N2O2/c24-20-12-18(8-5-16(20)13-26)29-17-6-2-14(3-7-17)1-4-15-11-21-19(23(15)28)9-10-22(25)27-21/h5,8-10,12,14-15,17H,2-3,6-7,11H2. The van der Waals surface area contributed by atoms with Gasteiger partial charge in [0.15, 0.2) is 5.78 Å². The molecule has 6 heteroatoms. The van der Waals surface area contributed by atoms with E-state index in [1.165, 1.54) is 0 Å². The van der Waals surface area contributed by atoms with Crippen LogP contribution >= 0.6 is 23.2 Å². The summed E-state index contributed by atoms with van der Waals surface area (Å²) in [5.41, 5.74) is 1.84. The fourth-order valence-corrected chi connectivity index (χ4v) is 4.22. The minimum Gasteiger partial charge on any atom is -0.490 e. The molecule has 146 valence electrons. The van der Waals surface area contributed by atoms with Gasteiger partial charge in [0.1, 0.15) is 17.0 Å². The number of rotatable bonds is 2. The number of hydrogen-bond acceptors (Lipinski definition) is 4. The molecule has 1 fully saturated rings. The van der Waals surface area contributed by atoms with Crippen LogP contribution in [0.25, 0.3) is 0 Å². The number of ketones is 1. The Hall–Kier alpha value is -2.53. The van der Waals surface area contributed by atoms with Crippen molar-refractivity contribution in [3.05, 3.63) is 57.3 Å². The number of benzene rings is 1. The minimum atomic E-state index is -0.314. The van der Waals surface area contributed by atoms with Crippen LogP contribution in [0.2, 0.25) is 10.2 Å². The first-order valence-electron chi connectivity index (χ1n) is 9.60. The molecule has 1 saturated carbocycles. The largest absolute Gasteiger partial charge is 0.490 e. The van der Waals surface area contributed by atoms with Crippen LogP contribution in [0.4, 0.5) is 0 Å². The Morgan fingerprint density at radius 1 is 1.07 bits per heavy atom. The van der Waals surface area contributed by atoms with Gasteiger partial charge in [-0.05, 0) is 49.9 Å². The Labute approximate surface area is 179 Å². The zero-order chi connectivity index (χ0) is 20.4. The van der Waals surface area contributed by atoms with Crippen LogP contribution in [0.3, 0.4) is 0 Å².